The van der Waals surface area contributed by atoms with Crippen molar-refractivity contribution in [2.24, 2.45) is 0 Å². The quantitative estimate of drug-likeness (QED) is 0.410. The summed E-state index contributed by atoms with van der Waals surface area (Å²) in [5.74, 6) is 0. The van der Waals surface area contributed by atoms with E-state index in [4.69, 9.17) is 0 Å². The van der Waals surface area contributed by atoms with Crippen LogP contribution >= 0.6 is 0 Å². The van der Waals surface area contributed by atoms with Gasteiger partial charge in [0.25, 0.3) is 0 Å². The van der Waals surface area contributed by atoms with E-state index in [1.165, 1.54) is 0 Å². The van der Waals surface area contributed by atoms with Crippen molar-refractivity contribution in [2.45, 2.75) is 0 Å². The Bertz CT molecular complexity index is 8.00. The fourth-order valence-corrected chi connectivity index (χ4v) is 0. The first-order valence-corrected chi connectivity index (χ1v) is 0. The summed E-state index contributed by atoms with van der Waals surface area (Å²) in [6, 6.07) is 0. The first kappa shape index (κ1) is 25.8. The van der Waals surface area contributed by atoms with Crippen LogP contribution in [0.15, 0.2) is 0 Å². The van der Waals surface area contributed by atoms with Gasteiger partial charge in [0.1, 0.15) is 0 Å². The SMILES string of the molecule is [BiH3].[CaH2].[MgH2].[Zn]. The van der Waals surface area contributed by atoms with E-state index in [2.05, 4.69) is 0 Å². The number of rotatable bonds is 0. The van der Waals surface area contributed by atoms with Crippen molar-refractivity contribution in [2.75, 3.05) is 0 Å². The molecule has 0 bridgehead atoms. The zero-order valence-electron chi connectivity index (χ0n) is 1.41. The van der Waals surface area contributed by atoms with E-state index in [0.717, 1.165) is 0 Å². The smallest absolute Gasteiger partial charge is 0 e. The zero-order chi connectivity index (χ0) is 0. The molecule has 0 aliphatic heterocycles. The van der Waals surface area contributed by atoms with Crippen LogP contribution in [0.4, 0.5) is 0 Å². The number of hydrogen-bond acceptors (Lipinski definition) is 0. The van der Waals surface area contributed by atoms with E-state index >= 15 is 0 Å². The Morgan fingerprint density at radius 1 is 1.00 bits per heavy atom. The van der Waals surface area contributed by atoms with Gasteiger partial charge in [0.05, 0.1) is 0 Å². The minimum absolute atomic E-state index is 0. The molecule has 0 aliphatic carbocycles. The third kappa shape index (κ3) is 9.11. The monoisotopic (exact) mass is 344 g/mol. The van der Waals surface area contributed by atoms with Crippen molar-refractivity contribution < 1.29 is 19.5 Å². The Hall–Kier alpha value is 3.53. The van der Waals surface area contributed by atoms with Gasteiger partial charge in [-0.05, 0) is 0 Å². The van der Waals surface area contributed by atoms with E-state index < -0.39 is 0 Å². The average molecular weight is 346 g/mol. The Balaban J connectivity index is 0. The van der Waals surface area contributed by atoms with Crippen LogP contribution in [0.25, 0.3) is 0 Å². The third-order valence-corrected chi connectivity index (χ3v) is 0. The van der Waals surface area contributed by atoms with E-state index in [-0.39, 0.29) is 106 Å². The molecule has 0 nitrogen and oxygen atoms in total. The minimum atomic E-state index is 0. The maximum atomic E-state index is 0. The van der Waals surface area contributed by atoms with Crippen molar-refractivity contribution in [3.63, 3.8) is 0 Å². The fraction of sp³-hybridized carbons (Fsp3) is 0. The molecule has 0 saturated heterocycles. The van der Waals surface area contributed by atoms with Gasteiger partial charge in [-0.25, -0.2) is 0 Å². The van der Waals surface area contributed by atoms with Crippen LogP contribution in [0, 0.1) is 0 Å². The van der Waals surface area contributed by atoms with Crippen LogP contribution in [0.5, 0.6) is 0 Å². The van der Waals surface area contributed by atoms with Crippen LogP contribution in [0.1, 0.15) is 0 Å². The Morgan fingerprint density at radius 2 is 1.00 bits per heavy atom. The predicted octanol–water partition coefficient (Wildman–Crippen LogP) is -3.02. The van der Waals surface area contributed by atoms with Crippen LogP contribution in [-0.4, -0.2) is 87.0 Å². The van der Waals surface area contributed by atoms with Crippen LogP contribution in [-0.2, 0) is 19.5 Å². The molecule has 4 heavy (non-hydrogen) atoms. The summed E-state index contributed by atoms with van der Waals surface area (Å²) in [6.45, 7) is 0. The molecular formula is H7BiCaMgZn. The van der Waals surface area contributed by atoms with E-state index in [1.807, 2.05) is 0 Å². The molecule has 0 spiro atoms. The third-order valence-electron chi connectivity index (χ3n) is 0. The van der Waals surface area contributed by atoms with Crippen molar-refractivity contribution in [1.29, 1.82) is 0 Å². The van der Waals surface area contributed by atoms with Crippen LogP contribution < -0.4 is 0 Å². The van der Waals surface area contributed by atoms with Gasteiger partial charge in [-0.2, -0.15) is 0 Å². The maximum absolute atomic E-state index is 0. The van der Waals surface area contributed by atoms with Gasteiger partial charge in [-0.15, -0.1) is 0 Å². The normalized spacial score (nSPS) is 0. The Kier molecular flexibility index (Phi) is 103. The summed E-state index contributed by atoms with van der Waals surface area (Å²) >= 11 is 0. The standard InChI is InChI=1S/Bi.Ca.Mg.Zn.7H. The van der Waals surface area contributed by atoms with E-state index in [9.17, 15) is 0 Å². The molecule has 0 heterocycles. The van der Waals surface area contributed by atoms with E-state index in [1.54, 1.807) is 0 Å². The summed E-state index contributed by atoms with van der Waals surface area (Å²) in [5, 5.41) is 0. The second kappa shape index (κ2) is 16.0. The zero-order valence-corrected chi connectivity index (χ0v) is 9.88. The summed E-state index contributed by atoms with van der Waals surface area (Å²) in [4.78, 5) is 0. The molecule has 0 radical (unpaired) electrons. The molecule has 18 valence electrons. The Morgan fingerprint density at radius 3 is 1.00 bits per heavy atom. The summed E-state index contributed by atoms with van der Waals surface area (Å²) in [7, 11) is 0. The maximum Gasteiger partial charge on any atom is 0.316 e. The molecule has 0 fully saturated rings. The molecule has 0 unspecified atom stereocenters. The van der Waals surface area contributed by atoms with Crippen LogP contribution in [0.3, 0.4) is 0 Å². The Labute approximate surface area is 104 Å². The van der Waals surface area contributed by atoms with Crippen molar-refractivity contribution in [3.8, 4) is 0 Å². The minimum Gasteiger partial charge on any atom is 0 e. The van der Waals surface area contributed by atoms with Gasteiger partial charge < -0.3 is 0 Å². The summed E-state index contributed by atoms with van der Waals surface area (Å²) in [5.41, 5.74) is 0. The average Bonchev–Trinajstić information content (AvgIpc) is 0. The van der Waals surface area contributed by atoms with Crippen molar-refractivity contribution in [3.05, 3.63) is 0 Å². The first-order valence-electron chi connectivity index (χ1n) is 0. The molecule has 0 aromatic carbocycles. The van der Waals surface area contributed by atoms with Gasteiger partial charge in [-0.3, -0.25) is 0 Å². The molecule has 0 aromatic heterocycles. The second-order valence-electron chi connectivity index (χ2n) is 0. The summed E-state index contributed by atoms with van der Waals surface area (Å²) in [6.07, 6.45) is 0. The predicted molar refractivity (Wildman–Crippen MR) is 27.0 cm³/mol. The molecule has 0 aliphatic rings. The first-order chi connectivity index (χ1) is 0. The van der Waals surface area contributed by atoms with Crippen molar-refractivity contribution >= 4 is 87.0 Å². The molecule has 0 amide bonds. The van der Waals surface area contributed by atoms with Gasteiger partial charge in [0.15, 0.2) is 0 Å². The van der Waals surface area contributed by atoms with E-state index in [0.29, 0.717) is 0 Å². The largest absolute Gasteiger partial charge is 0.316 e. The molecule has 0 rings (SSSR count). The molecule has 0 aromatic rings. The van der Waals surface area contributed by atoms with Gasteiger partial charge in [-0.1, -0.05) is 0 Å². The summed E-state index contributed by atoms with van der Waals surface area (Å²) < 4.78 is 0. The van der Waals surface area contributed by atoms with Gasteiger partial charge in [0.2, 0.25) is 0 Å². The van der Waals surface area contributed by atoms with Gasteiger partial charge in [0, 0.05) is 19.5 Å². The fourth-order valence-electron chi connectivity index (χ4n) is 0. The number of hydrogen-bond donors (Lipinski definition) is 0. The van der Waals surface area contributed by atoms with Gasteiger partial charge >= 0.3 is 87.0 Å². The molecule has 0 saturated carbocycles. The van der Waals surface area contributed by atoms with Crippen molar-refractivity contribution in [1.82, 2.24) is 0 Å². The molecular weight excluding hydrogens is 339 g/mol. The molecule has 4 heteroatoms. The molecule has 0 atom stereocenters. The van der Waals surface area contributed by atoms with Crippen LogP contribution in [0.2, 0.25) is 0 Å². The molecule has 0 N–H and O–H groups in total. The second-order valence-corrected chi connectivity index (χ2v) is 0. The topological polar surface area (TPSA) is 0 Å².